The molecule has 0 amide bonds. The molecule has 1 saturated heterocycles. The van der Waals surface area contributed by atoms with Crippen LogP contribution >= 0.6 is 0 Å². The van der Waals surface area contributed by atoms with Crippen LogP contribution in [0.4, 0.5) is 0 Å². The lowest BCUT2D eigenvalue weighted by Crippen LogP contribution is -2.49. The molecule has 0 aliphatic carbocycles. The Kier molecular flexibility index (Phi) is 6.43. The minimum absolute atomic E-state index is 0.0912. The van der Waals surface area contributed by atoms with Crippen molar-refractivity contribution < 1.29 is 4.74 Å². The fourth-order valence-corrected chi connectivity index (χ4v) is 2.21. The van der Waals surface area contributed by atoms with E-state index in [1.807, 2.05) is 0 Å². The standard InChI is InChI=1S/C13H28N4O/c1-13(2,17-8-5-4-6-9-17)11-16-12(14)15-7-10-18-3/h4-11H2,1-3H3,(H3,14,15,16). The molecule has 0 saturated carbocycles. The van der Waals surface area contributed by atoms with Gasteiger partial charge in [-0.2, -0.15) is 0 Å². The van der Waals surface area contributed by atoms with Crippen LogP contribution in [-0.2, 0) is 4.74 Å². The second kappa shape index (κ2) is 7.59. The van der Waals surface area contributed by atoms with E-state index in [0.717, 1.165) is 6.54 Å². The van der Waals surface area contributed by atoms with Crippen molar-refractivity contribution in [1.29, 1.82) is 0 Å². The van der Waals surface area contributed by atoms with Gasteiger partial charge < -0.3 is 15.8 Å². The maximum Gasteiger partial charge on any atom is 0.188 e. The smallest absolute Gasteiger partial charge is 0.188 e. The highest BCUT2D eigenvalue weighted by Gasteiger charge is 2.27. The van der Waals surface area contributed by atoms with Crippen molar-refractivity contribution in [2.75, 3.05) is 39.9 Å². The van der Waals surface area contributed by atoms with Crippen molar-refractivity contribution in [3.05, 3.63) is 0 Å². The summed E-state index contributed by atoms with van der Waals surface area (Å²) in [6, 6.07) is 0. The summed E-state index contributed by atoms with van der Waals surface area (Å²) in [5.74, 6) is 0.511. The van der Waals surface area contributed by atoms with Gasteiger partial charge in [0.05, 0.1) is 13.2 Å². The number of nitrogens with two attached hydrogens (primary N) is 1. The van der Waals surface area contributed by atoms with Crippen LogP contribution in [0.15, 0.2) is 4.99 Å². The van der Waals surface area contributed by atoms with Gasteiger partial charge in [0.2, 0.25) is 0 Å². The van der Waals surface area contributed by atoms with Crippen LogP contribution < -0.4 is 11.1 Å². The molecule has 1 rings (SSSR count). The predicted octanol–water partition coefficient (Wildman–Crippen LogP) is 0.802. The number of rotatable bonds is 6. The van der Waals surface area contributed by atoms with E-state index in [0.29, 0.717) is 19.1 Å². The highest BCUT2D eigenvalue weighted by atomic mass is 16.5. The van der Waals surface area contributed by atoms with Crippen LogP contribution in [0, 0.1) is 0 Å². The first kappa shape index (κ1) is 15.2. The van der Waals surface area contributed by atoms with E-state index in [1.54, 1.807) is 7.11 Å². The maximum atomic E-state index is 5.82. The molecule has 0 atom stereocenters. The maximum absolute atomic E-state index is 5.82. The summed E-state index contributed by atoms with van der Waals surface area (Å²) in [4.78, 5) is 6.95. The van der Waals surface area contributed by atoms with Gasteiger partial charge in [-0.3, -0.25) is 9.89 Å². The molecule has 0 radical (unpaired) electrons. The van der Waals surface area contributed by atoms with Gasteiger partial charge in [-0.05, 0) is 39.8 Å². The first-order valence-electron chi connectivity index (χ1n) is 6.84. The summed E-state index contributed by atoms with van der Waals surface area (Å²) in [5.41, 5.74) is 5.91. The topological polar surface area (TPSA) is 62.9 Å². The van der Waals surface area contributed by atoms with Crippen molar-refractivity contribution in [3.63, 3.8) is 0 Å². The third kappa shape index (κ3) is 5.23. The van der Waals surface area contributed by atoms with Gasteiger partial charge in [-0.1, -0.05) is 6.42 Å². The lowest BCUT2D eigenvalue weighted by atomic mass is 9.99. The zero-order valence-electron chi connectivity index (χ0n) is 12.0. The molecule has 0 aromatic rings. The first-order chi connectivity index (χ1) is 8.56. The molecular weight excluding hydrogens is 228 g/mol. The molecule has 1 heterocycles. The average molecular weight is 256 g/mol. The van der Waals surface area contributed by atoms with Gasteiger partial charge in [0.15, 0.2) is 5.96 Å². The molecule has 0 bridgehead atoms. The molecule has 1 aliphatic heterocycles. The summed E-state index contributed by atoms with van der Waals surface area (Å²) in [5, 5.41) is 3.04. The molecule has 106 valence electrons. The summed E-state index contributed by atoms with van der Waals surface area (Å²) >= 11 is 0. The van der Waals surface area contributed by atoms with Gasteiger partial charge in [0, 0.05) is 19.2 Å². The number of hydrogen-bond acceptors (Lipinski definition) is 3. The Balaban J connectivity index is 2.36. The Morgan fingerprint density at radius 3 is 2.61 bits per heavy atom. The lowest BCUT2D eigenvalue weighted by Gasteiger charge is -2.40. The number of nitrogens with one attached hydrogen (secondary N) is 1. The highest BCUT2D eigenvalue weighted by Crippen LogP contribution is 2.20. The molecule has 0 aromatic heterocycles. The largest absolute Gasteiger partial charge is 0.383 e. The summed E-state index contributed by atoms with van der Waals surface area (Å²) in [6.45, 7) is 8.92. The second-order valence-corrected chi connectivity index (χ2v) is 5.48. The predicted molar refractivity (Wildman–Crippen MR) is 75.9 cm³/mol. The van der Waals surface area contributed by atoms with E-state index in [9.17, 15) is 0 Å². The fourth-order valence-electron chi connectivity index (χ4n) is 2.21. The number of likely N-dealkylation sites (tertiary alicyclic amines) is 1. The van der Waals surface area contributed by atoms with E-state index < -0.39 is 0 Å². The quantitative estimate of drug-likeness (QED) is 0.419. The molecule has 18 heavy (non-hydrogen) atoms. The van der Waals surface area contributed by atoms with Crippen LogP contribution in [0.2, 0.25) is 0 Å². The number of aliphatic imine (C=N–C) groups is 1. The van der Waals surface area contributed by atoms with Crippen LogP contribution in [-0.4, -0.2) is 56.3 Å². The average Bonchev–Trinajstić information content (AvgIpc) is 2.38. The monoisotopic (exact) mass is 256 g/mol. The van der Waals surface area contributed by atoms with E-state index in [1.165, 1.54) is 32.4 Å². The third-order valence-electron chi connectivity index (χ3n) is 3.46. The highest BCUT2D eigenvalue weighted by molar-refractivity contribution is 5.77. The van der Waals surface area contributed by atoms with Gasteiger partial charge in [-0.25, -0.2) is 0 Å². The Labute approximate surface area is 111 Å². The number of methoxy groups -OCH3 is 1. The molecule has 5 nitrogen and oxygen atoms in total. The number of guanidine groups is 1. The number of ether oxygens (including phenoxy) is 1. The molecule has 0 spiro atoms. The fraction of sp³-hybridized carbons (Fsp3) is 0.923. The Hall–Kier alpha value is -0.810. The molecular formula is C13H28N4O. The first-order valence-corrected chi connectivity index (χ1v) is 6.84. The zero-order valence-corrected chi connectivity index (χ0v) is 12.0. The minimum atomic E-state index is 0.0912. The van der Waals surface area contributed by atoms with E-state index in [-0.39, 0.29) is 5.54 Å². The zero-order chi connectivity index (χ0) is 13.4. The summed E-state index contributed by atoms with van der Waals surface area (Å²) in [7, 11) is 1.68. The Morgan fingerprint density at radius 1 is 1.33 bits per heavy atom. The summed E-state index contributed by atoms with van der Waals surface area (Å²) in [6.07, 6.45) is 3.96. The second-order valence-electron chi connectivity index (χ2n) is 5.48. The molecule has 1 fully saturated rings. The van der Waals surface area contributed by atoms with Crippen molar-refractivity contribution in [1.82, 2.24) is 10.2 Å². The van der Waals surface area contributed by atoms with Crippen LogP contribution in [0.25, 0.3) is 0 Å². The normalized spacial score (nSPS) is 18.9. The number of nitrogens with zero attached hydrogens (tertiary/aromatic N) is 2. The molecule has 3 N–H and O–H groups in total. The molecule has 0 aromatic carbocycles. The third-order valence-corrected chi connectivity index (χ3v) is 3.46. The van der Waals surface area contributed by atoms with Crippen molar-refractivity contribution in [3.8, 4) is 0 Å². The minimum Gasteiger partial charge on any atom is -0.383 e. The SMILES string of the molecule is COCCNC(N)=NCC(C)(C)N1CCCCC1. The van der Waals surface area contributed by atoms with Crippen molar-refractivity contribution in [2.45, 2.75) is 38.6 Å². The molecule has 5 heteroatoms. The number of hydrogen-bond donors (Lipinski definition) is 2. The van der Waals surface area contributed by atoms with Crippen molar-refractivity contribution in [2.24, 2.45) is 10.7 Å². The van der Waals surface area contributed by atoms with Crippen LogP contribution in [0.3, 0.4) is 0 Å². The van der Waals surface area contributed by atoms with Crippen molar-refractivity contribution >= 4 is 5.96 Å². The Bertz CT molecular complexity index is 260. The molecule has 1 aliphatic rings. The summed E-state index contributed by atoms with van der Waals surface area (Å²) < 4.78 is 4.95. The number of piperidine rings is 1. The lowest BCUT2D eigenvalue weighted by molar-refractivity contribution is 0.102. The van der Waals surface area contributed by atoms with Gasteiger partial charge in [-0.15, -0.1) is 0 Å². The van der Waals surface area contributed by atoms with Gasteiger partial charge in [0.25, 0.3) is 0 Å². The van der Waals surface area contributed by atoms with E-state index >= 15 is 0 Å². The van der Waals surface area contributed by atoms with E-state index in [2.05, 4.69) is 29.1 Å². The van der Waals surface area contributed by atoms with E-state index in [4.69, 9.17) is 10.5 Å². The molecule has 0 unspecified atom stereocenters. The van der Waals surface area contributed by atoms with Crippen LogP contribution in [0.5, 0.6) is 0 Å². The Morgan fingerprint density at radius 2 is 2.00 bits per heavy atom. The van der Waals surface area contributed by atoms with Crippen LogP contribution in [0.1, 0.15) is 33.1 Å². The van der Waals surface area contributed by atoms with Gasteiger partial charge in [0.1, 0.15) is 0 Å². The van der Waals surface area contributed by atoms with Gasteiger partial charge >= 0.3 is 0 Å².